The molecule has 1 heterocycles. The number of nitrogens with zero attached hydrogens (tertiary/aromatic N) is 1. The Morgan fingerprint density at radius 1 is 1.56 bits per heavy atom. The van der Waals surface area contributed by atoms with Crippen molar-refractivity contribution in [2.24, 2.45) is 0 Å². The fourth-order valence-corrected chi connectivity index (χ4v) is 1.33. The minimum atomic E-state index is -1.01. The number of aromatic nitrogens is 1. The van der Waals surface area contributed by atoms with Crippen LogP contribution in [0.3, 0.4) is 0 Å². The van der Waals surface area contributed by atoms with Crippen molar-refractivity contribution in [1.82, 2.24) is 4.98 Å². The first-order valence-electron chi connectivity index (χ1n) is 4.55. The molecule has 0 saturated heterocycles. The van der Waals surface area contributed by atoms with Crippen LogP contribution < -0.4 is 4.74 Å². The average Bonchev–Trinajstić information content (AvgIpc) is 2.69. The topological polar surface area (TPSA) is 72.6 Å². The molecule has 0 unspecified atom stereocenters. The van der Waals surface area contributed by atoms with E-state index >= 15 is 0 Å². The molecule has 0 atom stereocenters. The van der Waals surface area contributed by atoms with Gasteiger partial charge in [0.25, 0.3) is 0 Å². The van der Waals surface area contributed by atoms with E-state index in [4.69, 9.17) is 14.3 Å². The smallest absolute Gasteiger partial charge is 0.394 e. The molecule has 5 nitrogen and oxygen atoms in total. The standard InChI is InChI=1S/C11H9NO4/c1-15-11-12-8-4-2-3-7(10(8)16-11)5-6-9(13)14/h2-6H,1H3,(H,13,14)/b6-5+. The van der Waals surface area contributed by atoms with Crippen molar-refractivity contribution in [3.63, 3.8) is 0 Å². The molecular weight excluding hydrogens is 210 g/mol. The number of ether oxygens (including phenoxy) is 1. The van der Waals surface area contributed by atoms with Gasteiger partial charge in [-0.15, -0.1) is 0 Å². The average molecular weight is 219 g/mol. The molecule has 0 radical (unpaired) electrons. The van der Waals surface area contributed by atoms with Gasteiger partial charge in [0.05, 0.1) is 7.11 Å². The van der Waals surface area contributed by atoms with Crippen molar-refractivity contribution >= 4 is 23.1 Å². The van der Waals surface area contributed by atoms with Crippen LogP contribution in [0.15, 0.2) is 28.7 Å². The summed E-state index contributed by atoms with van der Waals surface area (Å²) in [6.45, 7) is 0. The lowest BCUT2D eigenvalue weighted by Gasteiger charge is -1.92. The first kappa shape index (κ1) is 10.2. The van der Waals surface area contributed by atoms with E-state index in [-0.39, 0.29) is 6.08 Å². The Morgan fingerprint density at radius 2 is 2.38 bits per heavy atom. The molecule has 0 bridgehead atoms. The number of hydrogen-bond donors (Lipinski definition) is 1. The van der Waals surface area contributed by atoms with Crippen LogP contribution in [0.4, 0.5) is 0 Å². The van der Waals surface area contributed by atoms with Gasteiger partial charge in [-0.3, -0.25) is 0 Å². The summed E-state index contributed by atoms with van der Waals surface area (Å²) in [6, 6.07) is 5.28. The molecule has 2 aromatic rings. The number of carboxylic acid groups (broad SMARTS) is 1. The highest BCUT2D eigenvalue weighted by Crippen LogP contribution is 2.24. The fraction of sp³-hybridized carbons (Fsp3) is 0.0909. The molecule has 0 saturated carbocycles. The lowest BCUT2D eigenvalue weighted by molar-refractivity contribution is -0.131. The van der Waals surface area contributed by atoms with E-state index in [1.54, 1.807) is 18.2 Å². The van der Waals surface area contributed by atoms with Gasteiger partial charge >= 0.3 is 12.0 Å². The van der Waals surface area contributed by atoms with Gasteiger partial charge < -0.3 is 14.3 Å². The number of aliphatic carboxylic acids is 1. The molecule has 16 heavy (non-hydrogen) atoms. The maximum absolute atomic E-state index is 10.4. The Hall–Kier alpha value is -2.30. The van der Waals surface area contributed by atoms with Crippen LogP contribution in [-0.4, -0.2) is 23.2 Å². The van der Waals surface area contributed by atoms with Crippen molar-refractivity contribution in [2.45, 2.75) is 0 Å². The quantitative estimate of drug-likeness (QED) is 0.798. The lowest BCUT2D eigenvalue weighted by Crippen LogP contribution is -1.85. The molecule has 1 aromatic carbocycles. The molecule has 0 fully saturated rings. The minimum Gasteiger partial charge on any atom is -0.478 e. The summed E-state index contributed by atoms with van der Waals surface area (Å²) in [7, 11) is 1.46. The van der Waals surface area contributed by atoms with E-state index in [9.17, 15) is 4.79 Å². The number of benzene rings is 1. The maximum Gasteiger partial charge on any atom is 0.394 e. The molecular formula is C11H9NO4. The summed E-state index contributed by atoms with van der Waals surface area (Å²) in [5.74, 6) is -1.01. The fourth-order valence-electron chi connectivity index (χ4n) is 1.33. The van der Waals surface area contributed by atoms with E-state index in [1.807, 2.05) is 0 Å². The Morgan fingerprint density at radius 3 is 3.06 bits per heavy atom. The van der Waals surface area contributed by atoms with Crippen molar-refractivity contribution < 1.29 is 19.1 Å². The van der Waals surface area contributed by atoms with Gasteiger partial charge in [0.15, 0.2) is 5.58 Å². The molecule has 0 aliphatic carbocycles. The molecule has 0 aliphatic heterocycles. The zero-order chi connectivity index (χ0) is 11.5. The first-order valence-corrected chi connectivity index (χ1v) is 4.55. The molecule has 5 heteroatoms. The van der Waals surface area contributed by atoms with Crippen LogP contribution in [0.2, 0.25) is 0 Å². The lowest BCUT2D eigenvalue weighted by atomic mass is 10.2. The first-order chi connectivity index (χ1) is 7.70. The number of oxazole rings is 1. The number of carboxylic acids is 1. The number of para-hydroxylation sites is 1. The number of rotatable bonds is 3. The summed E-state index contributed by atoms with van der Waals surface area (Å²) < 4.78 is 10.2. The second-order valence-corrected chi connectivity index (χ2v) is 3.05. The highest BCUT2D eigenvalue weighted by atomic mass is 16.6. The van der Waals surface area contributed by atoms with Gasteiger partial charge in [-0.25, -0.2) is 4.79 Å². The zero-order valence-corrected chi connectivity index (χ0v) is 8.51. The summed E-state index contributed by atoms with van der Waals surface area (Å²) in [5, 5.41) is 8.54. The van der Waals surface area contributed by atoms with Gasteiger partial charge in [-0.1, -0.05) is 12.1 Å². The summed E-state index contributed by atoms with van der Waals surface area (Å²) >= 11 is 0. The maximum atomic E-state index is 10.4. The second kappa shape index (κ2) is 4.06. The Labute approximate surface area is 91.0 Å². The van der Waals surface area contributed by atoms with Crippen molar-refractivity contribution in [3.8, 4) is 6.08 Å². The Balaban J connectivity index is 2.52. The monoisotopic (exact) mass is 219 g/mol. The van der Waals surface area contributed by atoms with Gasteiger partial charge in [0, 0.05) is 11.6 Å². The van der Waals surface area contributed by atoms with Crippen molar-refractivity contribution in [3.05, 3.63) is 29.8 Å². The predicted molar refractivity (Wildman–Crippen MR) is 57.2 cm³/mol. The largest absolute Gasteiger partial charge is 0.478 e. The van der Waals surface area contributed by atoms with Crippen LogP contribution in [0.1, 0.15) is 5.56 Å². The number of fused-ring (bicyclic) bond motifs is 1. The number of hydrogen-bond acceptors (Lipinski definition) is 4. The molecule has 0 amide bonds. The van der Waals surface area contributed by atoms with Gasteiger partial charge in [0.2, 0.25) is 0 Å². The highest BCUT2D eigenvalue weighted by molar-refractivity contribution is 5.90. The van der Waals surface area contributed by atoms with Crippen LogP contribution in [0, 0.1) is 0 Å². The third kappa shape index (κ3) is 1.88. The molecule has 1 aromatic heterocycles. The molecule has 0 aliphatic rings. The summed E-state index contributed by atoms with van der Waals surface area (Å²) in [5.41, 5.74) is 1.79. The highest BCUT2D eigenvalue weighted by Gasteiger charge is 2.08. The van der Waals surface area contributed by atoms with E-state index in [0.29, 0.717) is 16.7 Å². The third-order valence-corrected chi connectivity index (χ3v) is 2.01. The van der Waals surface area contributed by atoms with Crippen LogP contribution >= 0.6 is 0 Å². The van der Waals surface area contributed by atoms with Gasteiger partial charge in [-0.05, 0) is 12.1 Å². The van der Waals surface area contributed by atoms with E-state index in [2.05, 4.69) is 4.98 Å². The molecule has 2 rings (SSSR count). The number of methoxy groups -OCH3 is 1. The predicted octanol–water partition coefficient (Wildman–Crippen LogP) is 1.93. The molecule has 82 valence electrons. The SMILES string of the molecule is COc1nc2cccc(/C=C/C(=O)O)c2o1. The number of carbonyl (C=O) groups is 1. The normalized spacial score (nSPS) is 11.1. The Kier molecular flexibility index (Phi) is 2.59. The van der Waals surface area contributed by atoms with Crippen LogP contribution in [-0.2, 0) is 4.79 Å². The second-order valence-electron chi connectivity index (χ2n) is 3.05. The zero-order valence-electron chi connectivity index (χ0n) is 8.51. The van der Waals surface area contributed by atoms with E-state index < -0.39 is 5.97 Å². The van der Waals surface area contributed by atoms with Crippen LogP contribution in [0.25, 0.3) is 17.2 Å². The van der Waals surface area contributed by atoms with Gasteiger partial charge in [0.1, 0.15) is 5.52 Å². The van der Waals surface area contributed by atoms with Gasteiger partial charge in [-0.2, -0.15) is 4.98 Å². The van der Waals surface area contributed by atoms with Crippen LogP contribution in [0.5, 0.6) is 6.08 Å². The van der Waals surface area contributed by atoms with E-state index in [1.165, 1.54) is 13.2 Å². The molecule has 1 N–H and O–H groups in total. The Bertz CT molecular complexity index is 556. The van der Waals surface area contributed by atoms with Crippen molar-refractivity contribution in [1.29, 1.82) is 0 Å². The van der Waals surface area contributed by atoms with E-state index in [0.717, 1.165) is 6.08 Å². The third-order valence-electron chi connectivity index (χ3n) is 2.01. The minimum absolute atomic E-state index is 0.158. The molecule has 0 spiro atoms. The van der Waals surface area contributed by atoms with Crippen molar-refractivity contribution in [2.75, 3.05) is 7.11 Å². The summed E-state index contributed by atoms with van der Waals surface area (Å²) in [6.07, 6.45) is 2.66. The summed E-state index contributed by atoms with van der Waals surface area (Å²) in [4.78, 5) is 14.5.